The number of halogens is 9. The number of carbonyl (C=O) groups excluding carboxylic acids is 1. The molecule has 2 aromatic carbocycles. The van der Waals surface area contributed by atoms with E-state index in [4.69, 9.17) is 9.47 Å². The Bertz CT molecular complexity index is 1570. The van der Waals surface area contributed by atoms with Gasteiger partial charge in [-0.2, -0.15) is 39.5 Å². The van der Waals surface area contributed by atoms with Crippen LogP contribution in [0.1, 0.15) is 87.8 Å². The van der Waals surface area contributed by atoms with E-state index in [1.165, 1.54) is 50.8 Å². The Hall–Kier alpha value is -3.62. The first kappa shape index (κ1) is 38.2. The number of hydrogen-bond acceptors (Lipinski definition) is 5. The van der Waals surface area contributed by atoms with Gasteiger partial charge in [-0.1, -0.05) is 13.8 Å². The topological polar surface area (TPSA) is 62.2 Å². The summed E-state index contributed by atoms with van der Waals surface area (Å²) in [5.74, 6) is -0.0847. The van der Waals surface area contributed by atoms with Gasteiger partial charge in [0.1, 0.15) is 11.9 Å². The molecule has 0 aromatic heterocycles. The quantitative estimate of drug-likeness (QED) is 0.277. The molecule has 1 heterocycles. The van der Waals surface area contributed by atoms with Crippen LogP contribution >= 0.6 is 0 Å². The van der Waals surface area contributed by atoms with E-state index >= 15 is 0 Å². The Morgan fingerprint density at radius 2 is 1.53 bits per heavy atom. The van der Waals surface area contributed by atoms with Crippen LogP contribution in [0.2, 0.25) is 0 Å². The lowest BCUT2D eigenvalue weighted by Gasteiger charge is -2.36. The number of cyclic esters (lactones) is 1. The minimum absolute atomic E-state index is 0.00537. The van der Waals surface area contributed by atoms with Gasteiger partial charge >= 0.3 is 24.6 Å². The number of allylic oxidation sites excluding steroid dienone is 1. The number of likely N-dealkylation sites (N-methyl/N-ethyl adjacent to an activating group) is 1. The molecule has 1 aliphatic carbocycles. The number of anilines is 1. The first-order valence-electron chi connectivity index (χ1n) is 15.4. The van der Waals surface area contributed by atoms with Crippen molar-refractivity contribution in [1.82, 2.24) is 4.90 Å². The van der Waals surface area contributed by atoms with Crippen LogP contribution in [0.15, 0.2) is 35.9 Å². The monoisotopic (exact) mass is 710 g/mol. The molecule has 4 rings (SSSR count). The maximum Gasteiger partial charge on any atom is 0.418 e. The van der Waals surface area contributed by atoms with Crippen molar-refractivity contribution in [1.29, 1.82) is 0 Å². The Labute approximate surface area is 278 Å². The summed E-state index contributed by atoms with van der Waals surface area (Å²) < 4.78 is 135. The summed E-state index contributed by atoms with van der Waals surface area (Å²) in [6, 6.07) is 2.25. The van der Waals surface area contributed by atoms with Crippen LogP contribution in [0, 0.1) is 5.41 Å². The highest BCUT2D eigenvalue weighted by Crippen LogP contribution is 2.49. The molecule has 1 N–H and O–H groups in total. The van der Waals surface area contributed by atoms with Gasteiger partial charge in [-0.3, -0.25) is 4.90 Å². The van der Waals surface area contributed by atoms with Crippen molar-refractivity contribution in [3.05, 3.63) is 63.7 Å². The summed E-state index contributed by atoms with van der Waals surface area (Å²) in [4.78, 5) is 15.7. The fraction of sp³-hybridized carbons (Fsp3) is 0.559. The third-order valence-corrected chi connectivity index (χ3v) is 8.85. The number of benzene rings is 2. The van der Waals surface area contributed by atoms with Crippen molar-refractivity contribution in [3.63, 3.8) is 0 Å². The summed E-state index contributed by atoms with van der Waals surface area (Å²) in [6.45, 7) is 7.98. The zero-order valence-electron chi connectivity index (χ0n) is 28.0. The Kier molecular flexibility index (Phi) is 10.1. The average Bonchev–Trinajstić information content (AvgIpc) is 3.22. The number of hydrogen-bond donors (Lipinski definition) is 1. The predicted octanol–water partition coefficient (Wildman–Crippen LogP) is 9.50. The molecule has 1 aliphatic heterocycles. The van der Waals surface area contributed by atoms with E-state index in [2.05, 4.69) is 0 Å². The van der Waals surface area contributed by atoms with Gasteiger partial charge in [0.05, 0.1) is 35.4 Å². The van der Waals surface area contributed by atoms with Gasteiger partial charge in [0.15, 0.2) is 0 Å². The van der Waals surface area contributed by atoms with Gasteiger partial charge in [0.2, 0.25) is 0 Å². The molecule has 6 nitrogen and oxygen atoms in total. The molecule has 0 spiro atoms. The number of nitrogens with zero attached hydrogens (tertiary/aromatic N) is 2. The summed E-state index contributed by atoms with van der Waals surface area (Å²) in [5.41, 5.74) is -4.92. The molecule has 272 valence electrons. The predicted molar refractivity (Wildman–Crippen MR) is 164 cm³/mol. The molecule has 0 radical (unpaired) electrons. The van der Waals surface area contributed by atoms with Crippen LogP contribution in [0.5, 0.6) is 5.75 Å². The summed E-state index contributed by atoms with van der Waals surface area (Å²) in [5, 5.41) is 10.4. The van der Waals surface area contributed by atoms with Crippen molar-refractivity contribution in [2.45, 2.75) is 90.2 Å². The van der Waals surface area contributed by atoms with Crippen molar-refractivity contribution in [2.24, 2.45) is 5.41 Å². The standard InChI is InChI=1S/C34H39F9N2O4/c1-18-28(19-10-21(32(35,36)37)12-22(11-19)33(38,39)40)49-29(46)45(18)16-20-15-30(2,3)9-8-23(20)24-13-26(44(6)17-31(4,5)47)25(34(41,42)43)14-27(24)48-7/h10-14,18,28,47H,8-9,15-17H2,1-7H3/t18-,28-/m0/s1. The van der Waals surface area contributed by atoms with Crippen LogP contribution in [0.3, 0.4) is 0 Å². The van der Waals surface area contributed by atoms with E-state index < -0.39 is 64.6 Å². The van der Waals surface area contributed by atoms with Gasteiger partial charge in [0.25, 0.3) is 0 Å². The minimum atomic E-state index is -5.10. The van der Waals surface area contributed by atoms with Crippen LogP contribution in [0.25, 0.3) is 5.57 Å². The molecule has 2 aliphatic rings. The summed E-state index contributed by atoms with van der Waals surface area (Å²) >= 11 is 0. The van der Waals surface area contributed by atoms with Gasteiger partial charge < -0.3 is 19.5 Å². The highest BCUT2D eigenvalue weighted by Gasteiger charge is 2.45. The first-order valence-corrected chi connectivity index (χ1v) is 15.4. The second kappa shape index (κ2) is 12.9. The normalized spacial score (nSPS) is 20.5. The van der Waals surface area contributed by atoms with Crippen molar-refractivity contribution in [2.75, 3.05) is 32.1 Å². The number of amides is 1. The van der Waals surface area contributed by atoms with E-state index in [9.17, 15) is 49.4 Å². The molecule has 1 amide bonds. The molecule has 1 saturated heterocycles. The van der Waals surface area contributed by atoms with Crippen LogP contribution < -0.4 is 9.64 Å². The summed E-state index contributed by atoms with van der Waals surface area (Å²) in [7, 11) is 2.64. The molecule has 0 saturated carbocycles. The van der Waals surface area contributed by atoms with E-state index in [-0.39, 0.29) is 36.0 Å². The smallest absolute Gasteiger partial charge is 0.418 e. The Balaban J connectivity index is 1.82. The number of methoxy groups -OCH3 is 1. The zero-order chi connectivity index (χ0) is 37.1. The van der Waals surface area contributed by atoms with Crippen LogP contribution in [0.4, 0.5) is 50.0 Å². The van der Waals surface area contributed by atoms with E-state index in [1.807, 2.05) is 13.8 Å². The molecular weight excluding hydrogens is 671 g/mol. The first-order chi connectivity index (χ1) is 22.2. The average molecular weight is 711 g/mol. The fourth-order valence-corrected chi connectivity index (χ4v) is 6.58. The van der Waals surface area contributed by atoms with Gasteiger partial charge in [-0.25, -0.2) is 4.79 Å². The molecule has 2 atom stereocenters. The molecule has 15 heteroatoms. The molecular formula is C34H39F9N2O4. The zero-order valence-corrected chi connectivity index (χ0v) is 28.0. The Morgan fingerprint density at radius 3 is 2.02 bits per heavy atom. The second-order valence-electron chi connectivity index (χ2n) is 14.2. The van der Waals surface area contributed by atoms with Crippen molar-refractivity contribution < 1.29 is 58.9 Å². The number of alkyl halides is 9. The van der Waals surface area contributed by atoms with Gasteiger partial charge in [0, 0.05) is 31.4 Å². The molecule has 2 aromatic rings. The SMILES string of the molecule is COc1cc(C(F)(F)F)c(N(C)CC(C)(C)O)cc1C1=C(CN2C(=O)O[C@H](c3cc(C(F)(F)F)cc(C(F)(F)F)c3)[C@@H]2C)CC(C)(C)CC1. The number of carbonyl (C=O) groups is 1. The Morgan fingerprint density at radius 1 is 0.959 bits per heavy atom. The van der Waals surface area contributed by atoms with E-state index in [0.717, 1.165) is 6.07 Å². The lowest BCUT2D eigenvalue weighted by molar-refractivity contribution is -0.143. The number of aliphatic hydroxyl groups is 1. The third kappa shape index (κ3) is 8.58. The number of ether oxygens (including phenoxy) is 2. The fourth-order valence-electron chi connectivity index (χ4n) is 6.58. The largest absolute Gasteiger partial charge is 0.496 e. The van der Waals surface area contributed by atoms with Crippen molar-refractivity contribution >= 4 is 17.4 Å². The highest BCUT2D eigenvalue weighted by atomic mass is 19.4. The lowest BCUT2D eigenvalue weighted by Crippen LogP contribution is -2.37. The molecule has 49 heavy (non-hydrogen) atoms. The third-order valence-electron chi connectivity index (χ3n) is 8.85. The lowest BCUT2D eigenvalue weighted by atomic mass is 9.72. The maximum atomic E-state index is 14.3. The van der Waals surface area contributed by atoms with Gasteiger partial charge in [-0.05, 0) is 92.5 Å². The maximum absolute atomic E-state index is 14.3. The van der Waals surface area contributed by atoms with E-state index in [0.29, 0.717) is 48.1 Å². The summed E-state index contributed by atoms with van der Waals surface area (Å²) in [6.07, 6.45) is -16.1. The van der Waals surface area contributed by atoms with Gasteiger partial charge in [-0.15, -0.1) is 0 Å². The van der Waals surface area contributed by atoms with Crippen molar-refractivity contribution in [3.8, 4) is 5.75 Å². The number of rotatable bonds is 8. The highest BCUT2D eigenvalue weighted by molar-refractivity contribution is 5.80. The van der Waals surface area contributed by atoms with E-state index in [1.54, 1.807) is 0 Å². The molecule has 0 unspecified atom stereocenters. The molecule has 0 bridgehead atoms. The van der Waals surface area contributed by atoms with Crippen LogP contribution in [-0.2, 0) is 23.3 Å². The second-order valence-corrected chi connectivity index (χ2v) is 14.2. The minimum Gasteiger partial charge on any atom is -0.496 e. The molecule has 1 fully saturated rings. The van der Waals surface area contributed by atoms with Crippen LogP contribution in [-0.4, -0.2) is 55.0 Å².